The Labute approximate surface area is 238 Å². The highest BCUT2D eigenvalue weighted by molar-refractivity contribution is 7.91. The van der Waals surface area contributed by atoms with Gasteiger partial charge < -0.3 is 15.7 Å². The van der Waals surface area contributed by atoms with Gasteiger partial charge in [-0.1, -0.05) is 12.1 Å². The van der Waals surface area contributed by atoms with Crippen molar-refractivity contribution in [2.75, 3.05) is 23.0 Å². The zero-order chi connectivity index (χ0) is 30.2. The maximum atomic E-state index is 12.6. The Morgan fingerprint density at radius 2 is 1.56 bits per heavy atom. The van der Waals surface area contributed by atoms with E-state index in [2.05, 4.69) is 29.8 Å². The molecule has 3 aromatic carbocycles. The number of benzene rings is 3. The normalized spacial score (nSPS) is 12.4. The molecule has 15 nitrogen and oxygen atoms in total. The number of phenolic OH excluding ortho intramolecular Hbond substituents is 1. The van der Waals surface area contributed by atoms with Crippen LogP contribution in [-0.4, -0.2) is 66.8 Å². The number of hydrogen-bond donors (Lipinski definition) is 5. The first-order valence-electron chi connectivity index (χ1n) is 11.2. The number of sulfone groups is 1. The molecule has 0 atom stereocenters. The van der Waals surface area contributed by atoms with E-state index in [1.54, 1.807) is 13.0 Å². The lowest BCUT2D eigenvalue weighted by molar-refractivity contribution is 0.284. The van der Waals surface area contributed by atoms with E-state index in [9.17, 15) is 34.9 Å². The van der Waals surface area contributed by atoms with Gasteiger partial charge in [-0.25, -0.2) is 12.6 Å². The highest BCUT2D eigenvalue weighted by Gasteiger charge is 2.19. The van der Waals surface area contributed by atoms with E-state index >= 15 is 0 Å². The molecule has 0 radical (unpaired) electrons. The highest BCUT2D eigenvalue weighted by atomic mass is 35.5. The van der Waals surface area contributed by atoms with Crippen LogP contribution in [0.1, 0.15) is 5.56 Å². The SMILES string of the molecule is Cc1cc(O)c2c(Nc3nc(Cl)nc(Nc4cccc(S(=O)(=O)CCOS(=O)(=O)O)c4)n3)cc(S(=O)(=O)O)cc2c1. The molecule has 0 aliphatic carbocycles. The summed E-state index contributed by atoms with van der Waals surface area (Å²) in [5, 5.41) is 16.2. The standard InChI is InChI=1S/C22H20ClN5O10S3/c1-12-7-13-9-16(40(32,33)34)11-17(19(13)18(29)8-12)25-22-27-20(23)26-21(28-22)24-14-3-2-4-15(10-14)39(30,31)6-5-38-41(35,36)37/h2-4,7-11,29H,5-6H2,1H3,(H,32,33,34)(H,35,36,37)(H2,24,25,26,27,28). The van der Waals surface area contributed by atoms with Gasteiger partial charge >= 0.3 is 10.4 Å². The average Bonchev–Trinajstić information content (AvgIpc) is 2.81. The van der Waals surface area contributed by atoms with Gasteiger partial charge in [-0.05, 0) is 65.9 Å². The minimum absolute atomic E-state index is 0.0149. The molecular formula is C22H20ClN5O10S3. The number of nitrogens with one attached hydrogen (secondary N) is 2. The average molecular weight is 646 g/mol. The fourth-order valence-electron chi connectivity index (χ4n) is 3.70. The lowest BCUT2D eigenvalue weighted by Gasteiger charge is -2.14. The van der Waals surface area contributed by atoms with Crippen molar-refractivity contribution >= 4 is 76.0 Å². The second-order valence-electron chi connectivity index (χ2n) is 8.43. The van der Waals surface area contributed by atoms with Gasteiger partial charge in [-0.15, -0.1) is 0 Å². The molecule has 0 aliphatic rings. The number of aromatic hydroxyl groups is 1. The van der Waals surface area contributed by atoms with E-state index in [1.807, 2.05) is 0 Å². The molecule has 218 valence electrons. The largest absolute Gasteiger partial charge is 0.507 e. The zero-order valence-corrected chi connectivity index (χ0v) is 23.9. The molecule has 0 amide bonds. The van der Waals surface area contributed by atoms with E-state index in [-0.39, 0.29) is 44.6 Å². The summed E-state index contributed by atoms with van der Waals surface area (Å²) in [4.78, 5) is 11.4. The summed E-state index contributed by atoms with van der Waals surface area (Å²) >= 11 is 6.05. The molecule has 0 bridgehead atoms. The molecule has 0 saturated carbocycles. The number of hydrogen-bond acceptors (Lipinski definition) is 13. The van der Waals surface area contributed by atoms with Crippen LogP contribution < -0.4 is 10.6 Å². The van der Waals surface area contributed by atoms with Crippen LogP contribution in [0.3, 0.4) is 0 Å². The van der Waals surface area contributed by atoms with Crippen LogP contribution >= 0.6 is 11.6 Å². The minimum Gasteiger partial charge on any atom is -0.507 e. The smallest absolute Gasteiger partial charge is 0.397 e. The van der Waals surface area contributed by atoms with E-state index in [0.29, 0.717) is 10.9 Å². The predicted molar refractivity (Wildman–Crippen MR) is 148 cm³/mol. The fraction of sp³-hybridized carbons (Fsp3) is 0.136. The number of anilines is 4. The van der Waals surface area contributed by atoms with E-state index in [0.717, 1.165) is 6.07 Å². The van der Waals surface area contributed by atoms with Crippen LogP contribution in [0.4, 0.5) is 23.3 Å². The second-order valence-corrected chi connectivity index (χ2v) is 13.4. The summed E-state index contributed by atoms with van der Waals surface area (Å²) in [5.74, 6) is -1.30. The number of nitrogens with zero attached hydrogens (tertiary/aromatic N) is 3. The Hall–Kier alpha value is -3.65. The molecule has 0 saturated heterocycles. The first-order valence-corrected chi connectivity index (χ1v) is 16.0. The van der Waals surface area contributed by atoms with Crippen molar-refractivity contribution in [1.29, 1.82) is 0 Å². The Morgan fingerprint density at radius 1 is 0.878 bits per heavy atom. The third kappa shape index (κ3) is 7.76. The van der Waals surface area contributed by atoms with E-state index in [4.69, 9.17) is 16.2 Å². The van der Waals surface area contributed by atoms with Crippen molar-refractivity contribution in [2.24, 2.45) is 0 Å². The summed E-state index contributed by atoms with van der Waals surface area (Å²) in [7, 11) is -13.5. The van der Waals surface area contributed by atoms with E-state index in [1.165, 1.54) is 36.4 Å². The van der Waals surface area contributed by atoms with Gasteiger partial charge in [0.2, 0.25) is 17.2 Å². The summed E-state index contributed by atoms with van der Waals surface area (Å²) in [5.41, 5.74) is 0.821. The van der Waals surface area contributed by atoms with Gasteiger partial charge in [0.15, 0.2) is 9.84 Å². The maximum absolute atomic E-state index is 12.6. The number of rotatable bonds is 10. The first kappa shape index (κ1) is 30.3. The zero-order valence-electron chi connectivity index (χ0n) is 20.7. The molecule has 5 N–H and O–H groups in total. The number of halogens is 1. The predicted octanol–water partition coefficient (Wildman–Crippen LogP) is 3.02. The number of fused-ring (bicyclic) bond motifs is 1. The van der Waals surface area contributed by atoms with Crippen molar-refractivity contribution in [3.05, 3.63) is 59.4 Å². The molecule has 0 fully saturated rings. The second kappa shape index (κ2) is 11.3. The molecule has 0 unspecified atom stereocenters. The topological polar surface area (TPSA) is 235 Å². The molecule has 0 aliphatic heterocycles. The first-order chi connectivity index (χ1) is 19.0. The number of aryl methyl sites for hydroxylation is 1. The van der Waals surface area contributed by atoms with Gasteiger partial charge in [0.1, 0.15) is 5.75 Å². The highest BCUT2D eigenvalue weighted by Crippen LogP contribution is 2.36. The van der Waals surface area contributed by atoms with Gasteiger partial charge in [0.25, 0.3) is 10.1 Å². The molecule has 41 heavy (non-hydrogen) atoms. The van der Waals surface area contributed by atoms with Crippen LogP contribution in [-0.2, 0) is 34.5 Å². The Bertz CT molecular complexity index is 1990. The molecule has 1 aromatic heterocycles. The van der Waals surface area contributed by atoms with Crippen molar-refractivity contribution < 1.29 is 43.6 Å². The lowest BCUT2D eigenvalue weighted by Crippen LogP contribution is -2.15. The van der Waals surface area contributed by atoms with Crippen LogP contribution in [0, 0.1) is 6.92 Å². The van der Waals surface area contributed by atoms with Crippen molar-refractivity contribution in [3.8, 4) is 5.75 Å². The van der Waals surface area contributed by atoms with Gasteiger partial charge in [-0.3, -0.25) is 9.11 Å². The molecule has 19 heteroatoms. The molecular weight excluding hydrogens is 626 g/mol. The monoisotopic (exact) mass is 645 g/mol. The number of phenols is 1. The summed E-state index contributed by atoms with van der Waals surface area (Å²) in [6.07, 6.45) is 0. The maximum Gasteiger partial charge on any atom is 0.397 e. The van der Waals surface area contributed by atoms with E-state index < -0.39 is 47.6 Å². The van der Waals surface area contributed by atoms with Gasteiger partial charge in [0, 0.05) is 11.1 Å². The summed E-state index contributed by atoms with van der Waals surface area (Å²) in [6, 6.07) is 10.6. The molecule has 1 heterocycles. The quantitative estimate of drug-likeness (QED) is 0.156. The molecule has 0 spiro atoms. The van der Waals surface area contributed by atoms with Crippen LogP contribution in [0.2, 0.25) is 5.28 Å². The third-order valence-electron chi connectivity index (χ3n) is 5.33. The molecule has 4 aromatic rings. The number of aromatic nitrogens is 3. The Balaban J connectivity index is 1.65. The third-order valence-corrected chi connectivity index (χ3v) is 8.47. The van der Waals surface area contributed by atoms with Crippen LogP contribution in [0.15, 0.2) is 58.3 Å². The minimum atomic E-state index is -4.81. The Kier molecular flexibility index (Phi) is 8.37. The van der Waals surface area contributed by atoms with Crippen molar-refractivity contribution in [1.82, 2.24) is 15.0 Å². The molecule has 4 rings (SSSR count). The van der Waals surface area contributed by atoms with Crippen LogP contribution in [0.25, 0.3) is 10.8 Å². The van der Waals surface area contributed by atoms with Crippen LogP contribution in [0.5, 0.6) is 5.75 Å². The summed E-state index contributed by atoms with van der Waals surface area (Å²) in [6.45, 7) is 0.878. The fourth-order valence-corrected chi connectivity index (χ4v) is 5.94. The lowest BCUT2D eigenvalue weighted by atomic mass is 10.0. The van der Waals surface area contributed by atoms with Crippen molar-refractivity contribution in [2.45, 2.75) is 16.7 Å². The van der Waals surface area contributed by atoms with Crippen molar-refractivity contribution in [3.63, 3.8) is 0 Å². The van der Waals surface area contributed by atoms with Gasteiger partial charge in [-0.2, -0.15) is 31.8 Å². The van der Waals surface area contributed by atoms with Gasteiger partial charge in [0.05, 0.1) is 27.8 Å². The Morgan fingerprint density at radius 3 is 2.22 bits per heavy atom. The summed E-state index contributed by atoms with van der Waals surface area (Å²) < 4.78 is 92.5.